The van der Waals surface area contributed by atoms with Crippen LogP contribution < -0.4 is 5.19 Å². The Morgan fingerprint density at radius 2 is 1.65 bits per heavy atom. The maximum Gasteiger partial charge on any atom is 0.138 e. The Morgan fingerprint density at radius 3 is 2.35 bits per heavy atom. The van der Waals surface area contributed by atoms with Gasteiger partial charge < -0.3 is 4.42 Å². The van der Waals surface area contributed by atoms with Crippen molar-refractivity contribution in [3.8, 4) is 11.1 Å². The summed E-state index contributed by atoms with van der Waals surface area (Å²) in [5, 5.41) is 4.97. The molecule has 4 aromatic rings. The number of benzene rings is 3. The molecular weight excluding hydrogens is 439 g/mol. The minimum Gasteiger partial charge on any atom is -0.463 e. The van der Waals surface area contributed by atoms with E-state index in [-0.39, 0.29) is 0 Å². The molecule has 0 fully saturated rings. The fraction of sp³-hybridized carbons (Fsp3) is 0.185. The van der Waals surface area contributed by atoms with Crippen LogP contribution in [0.25, 0.3) is 33.5 Å². The summed E-state index contributed by atoms with van der Waals surface area (Å²) in [7, 11) is -1.64. The lowest BCUT2D eigenvalue weighted by Crippen LogP contribution is -2.39. The maximum absolute atomic E-state index is 6.77. The predicted molar refractivity (Wildman–Crippen MR) is 137 cm³/mol. The van der Waals surface area contributed by atoms with Gasteiger partial charge in [-0.2, -0.15) is 0 Å². The molecule has 0 aliphatic heterocycles. The first-order valence-corrected chi connectivity index (χ1v) is 14.8. The highest BCUT2D eigenvalue weighted by molar-refractivity contribution is 6.91. The van der Waals surface area contributed by atoms with Crippen molar-refractivity contribution in [2.24, 2.45) is 0 Å². The number of hydrogen-bond acceptors (Lipinski definition) is 1. The molecule has 0 unspecified atom stereocenters. The highest BCUT2D eigenvalue weighted by atomic mass is 35.5. The molecule has 0 radical (unpaired) electrons. The standard InChI is InChI=1S/C27H24Cl2OSi/c1-16-9-10-17-11-20(26-21-8-6-5-7-18(21)15-30-26)12-22(17)25(16)19-13-23(28)27(24(29)14-19)31(2,3)4/h5-10,12-15H,11H2,1-4H3. The van der Waals surface area contributed by atoms with Gasteiger partial charge in [-0.05, 0) is 58.1 Å². The van der Waals surface area contributed by atoms with Crippen molar-refractivity contribution < 1.29 is 4.42 Å². The van der Waals surface area contributed by atoms with Crippen molar-refractivity contribution >= 4 is 58.9 Å². The molecule has 1 aliphatic carbocycles. The normalized spacial score (nSPS) is 13.5. The second-order valence-corrected chi connectivity index (χ2v) is 15.2. The van der Waals surface area contributed by atoms with Crippen molar-refractivity contribution in [1.29, 1.82) is 0 Å². The number of hydrogen-bond donors (Lipinski definition) is 0. The molecule has 5 rings (SSSR count). The van der Waals surface area contributed by atoms with E-state index in [9.17, 15) is 0 Å². The van der Waals surface area contributed by atoms with Gasteiger partial charge in [-0.1, -0.05) is 79.2 Å². The molecule has 0 amide bonds. The van der Waals surface area contributed by atoms with Gasteiger partial charge >= 0.3 is 0 Å². The van der Waals surface area contributed by atoms with Crippen LogP contribution >= 0.6 is 23.2 Å². The molecule has 1 aromatic heterocycles. The molecule has 0 atom stereocenters. The van der Waals surface area contributed by atoms with Crippen LogP contribution in [0.1, 0.15) is 22.5 Å². The molecule has 1 nitrogen and oxygen atoms in total. The quantitative estimate of drug-likeness (QED) is 0.278. The minimum atomic E-state index is -1.64. The third-order valence-electron chi connectivity index (χ3n) is 6.13. The van der Waals surface area contributed by atoms with E-state index >= 15 is 0 Å². The topological polar surface area (TPSA) is 13.1 Å². The van der Waals surface area contributed by atoms with E-state index in [2.05, 4.69) is 75.1 Å². The zero-order valence-electron chi connectivity index (χ0n) is 18.1. The third-order valence-corrected chi connectivity index (χ3v) is 9.08. The molecule has 4 heteroatoms. The van der Waals surface area contributed by atoms with Crippen LogP contribution in [-0.4, -0.2) is 8.07 Å². The van der Waals surface area contributed by atoms with Crippen LogP contribution in [-0.2, 0) is 6.42 Å². The molecule has 0 saturated carbocycles. The van der Waals surface area contributed by atoms with E-state index in [4.69, 9.17) is 27.6 Å². The fourth-order valence-electron chi connectivity index (χ4n) is 4.73. The molecule has 3 aromatic carbocycles. The zero-order valence-corrected chi connectivity index (χ0v) is 20.7. The molecule has 1 aliphatic rings. The summed E-state index contributed by atoms with van der Waals surface area (Å²) in [5.41, 5.74) is 7.25. The van der Waals surface area contributed by atoms with Crippen LogP contribution in [0.3, 0.4) is 0 Å². The molecule has 0 saturated heterocycles. The zero-order chi connectivity index (χ0) is 21.9. The second kappa shape index (κ2) is 7.41. The van der Waals surface area contributed by atoms with Crippen molar-refractivity contribution in [3.63, 3.8) is 0 Å². The molecule has 0 bridgehead atoms. The van der Waals surface area contributed by atoms with Crippen molar-refractivity contribution in [3.05, 3.63) is 87.3 Å². The van der Waals surface area contributed by atoms with Gasteiger partial charge in [-0.25, -0.2) is 0 Å². The van der Waals surface area contributed by atoms with E-state index in [0.717, 1.165) is 43.7 Å². The monoisotopic (exact) mass is 462 g/mol. The molecule has 0 N–H and O–H groups in total. The van der Waals surface area contributed by atoms with E-state index in [1.165, 1.54) is 27.8 Å². The van der Waals surface area contributed by atoms with Crippen LogP contribution in [0.4, 0.5) is 0 Å². The van der Waals surface area contributed by atoms with Crippen LogP contribution in [0, 0.1) is 6.92 Å². The Morgan fingerprint density at radius 1 is 0.935 bits per heavy atom. The summed E-state index contributed by atoms with van der Waals surface area (Å²) in [6.07, 6.45) is 4.97. The average Bonchev–Trinajstić information content (AvgIpc) is 3.29. The van der Waals surface area contributed by atoms with E-state index in [1.54, 1.807) is 0 Å². The smallest absolute Gasteiger partial charge is 0.138 e. The second-order valence-electron chi connectivity index (χ2n) is 9.39. The number of halogens is 2. The predicted octanol–water partition coefficient (Wildman–Crippen LogP) is 8.36. The van der Waals surface area contributed by atoms with Gasteiger partial charge in [-0.15, -0.1) is 0 Å². The van der Waals surface area contributed by atoms with Gasteiger partial charge in [0.05, 0.1) is 14.3 Å². The van der Waals surface area contributed by atoms with Gasteiger partial charge in [0, 0.05) is 32.8 Å². The van der Waals surface area contributed by atoms with Gasteiger partial charge in [0.1, 0.15) is 5.76 Å². The molecule has 1 heterocycles. The SMILES string of the molecule is Cc1ccc2c(c1-c1cc(Cl)c([Si](C)(C)C)c(Cl)c1)C=C(c1occ3ccccc13)C2. The first kappa shape index (κ1) is 20.6. The molecule has 31 heavy (non-hydrogen) atoms. The first-order valence-electron chi connectivity index (χ1n) is 10.5. The summed E-state index contributed by atoms with van der Waals surface area (Å²) in [4.78, 5) is 0. The Balaban J connectivity index is 1.67. The summed E-state index contributed by atoms with van der Waals surface area (Å²) < 4.78 is 5.99. The largest absolute Gasteiger partial charge is 0.463 e. The highest BCUT2D eigenvalue weighted by Crippen LogP contribution is 2.42. The molecule has 0 spiro atoms. The Labute approximate surface area is 194 Å². The molecular formula is C27H24Cl2OSi. The lowest BCUT2D eigenvalue weighted by molar-refractivity contribution is 0.557. The number of aryl methyl sites for hydroxylation is 1. The van der Waals surface area contributed by atoms with E-state index in [0.29, 0.717) is 0 Å². The van der Waals surface area contributed by atoms with Crippen molar-refractivity contribution in [1.82, 2.24) is 0 Å². The first-order chi connectivity index (χ1) is 14.7. The Bertz CT molecular complexity index is 1350. The number of rotatable bonds is 3. The van der Waals surface area contributed by atoms with Crippen LogP contribution in [0.2, 0.25) is 29.7 Å². The number of furan rings is 1. The lowest BCUT2D eigenvalue weighted by Gasteiger charge is -2.22. The van der Waals surface area contributed by atoms with Gasteiger partial charge in [0.2, 0.25) is 0 Å². The highest BCUT2D eigenvalue weighted by Gasteiger charge is 2.26. The van der Waals surface area contributed by atoms with Gasteiger partial charge in [-0.3, -0.25) is 0 Å². The minimum absolute atomic E-state index is 0.776. The van der Waals surface area contributed by atoms with Crippen molar-refractivity contribution in [2.45, 2.75) is 33.0 Å². The third kappa shape index (κ3) is 3.47. The van der Waals surface area contributed by atoms with Crippen molar-refractivity contribution in [2.75, 3.05) is 0 Å². The Kier molecular flexibility index (Phi) is 4.93. The van der Waals surface area contributed by atoms with E-state index in [1.807, 2.05) is 12.3 Å². The molecule has 156 valence electrons. The average molecular weight is 463 g/mol. The van der Waals surface area contributed by atoms with E-state index < -0.39 is 8.07 Å². The fourth-order valence-corrected chi connectivity index (χ4v) is 8.49. The lowest BCUT2D eigenvalue weighted by atomic mass is 9.93. The maximum atomic E-state index is 6.77. The summed E-state index contributed by atoms with van der Waals surface area (Å²) in [6.45, 7) is 8.97. The number of allylic oxidation sites excluding steroid dienone is 1. The summed E-state index contributed by atoms with van der Waals surface area (Å²) >= 11 is 13.5. The van der Waals surface area contributed by atoms with Gasteiger partial charge in [0.25, 0.3) is 0 Å². The van der Waals surface area contributed by atoms with Gasteiger partial charge in [0.15, 0.2) is 0 Å². The summed E-state index contributed by atoms with van der Waals surface area (Å²) in [5.74, 6) is 0.959. The Hall–Kier alpha value is -2.26. The summed E-state index contributed by atoms with van der Waals surface area (Å²) in [6, 6.07) is 16.9. The van der Waals surface area contributed by atoms with Crippen LogP contribution in [0.5, 0.6) is 0 Å². The van der Waals surface area contributed by atoms with Crippen LogP contribution in [0.15, 0.2) is 59.2 Å². The number of fused-ring (bicyclic) bond motifs is 2.